The summed E-state index contributed by atoms with van der Waals surface area (Å²) in [6, 6.07) is 9.62. The van der Waals surface area contributed by atoms with E-state index in [1.807, 2.05) is 30.3 Å². The molecule has 106 valence electrons. The van der Waals surface area contributed by atoms with E-state index in [1.54, 1.807) is 13.1 Å². The van der Waals surface area contributed by atoms with Crippen molar-refractivity contribution in [3.05, 3.63) is 36.5 Å². The SMILES string of the molecule is C[C@](N)(CCCN)C(=O)Sc1ccnc2ccccc12. The standard InChI is InChI=1S/C15H19N3OS/c1-15(17,8-4-9-16)14(19)20-13-7-10-18-12-6-3-2-5-11(12)13/h2-3,5-7,10H,4,8-9,16-17H2,1H3/t15-/m0/s1. The van der Waals surface area contributed by atoms with Crippen LogP contribution in [0.15, 0.2) is 41.4 Å². The second kappa shape index (κ2) is 6.35. The first-order valence-corrected chi connectivity index (χ1v) is 7.41. The van der Waals surface area contributed by atoms with Crippen LogP contribution >= 0.6 is 11.8 Å². The second-order valence-corrected chi connectivity index (χ2v) is 6.04. The van der Waals surface area contributed by atoms with E-state index in [0.29, 0.717) is 13.0 Å². The van der Waals surface area contributed by atoms with Gasteiger partial charge in [0, 0.05) is 16.5 Å². The van der Waals surface area contributed by atoms with E-state index in [4.69, 9.17) is 11.5 Å². The molecule has 0 unspecified atom stereocenters. The molecule has 4 N–H and O–H groups in total. The van der Waals surface area contributed by atoms with Crippen LogP contribution in [0.5, 0.6) is 0 Å². The number of nitrogens with two attached hydrogens (primary N) is 2. The van der Waals surface area contributed by atoms with Crippen LogP contribution < -0.4 is 11.5 Å². The average Bonchev–Trinajstić information content (AvgIpc) is 2.45. The molecule has 20 heavy (non-hydrogen) atoms. The van der Waals surface area contributed by atoms with Crippen LogP contribution in [-0.4, -0.2) is 22.2 Å². The predicted molar refractivity (Wildman–Crippen MR) is 83.5 cm³/mol. The Labute approximate surface area is 122 Å². The molecular formula is C15H19N3OS. The maximum Gasteiger partial charge on any atom is 0.213 e. The summed E-state index contributed by atoms with van der Waals surface area (Å²) in [7, 11) is 0. The smallest absolute Gasteiger partial charge is 0.213 e. The molecule has 2 rings (SSSR count). The molecule has 2 aromatic rings. The molecule has 0 radical (unpaired) electrons. The first-order chi connectivity index (χ1) is 9.54. The molecular weight excluding hydrogens is 270 g/mol. The maximum atomic E-state index is 12.4. The van der Waals surface area contributed by atoms with Gasteiger partial charge in [-0.25, -0.2) is 0 Å². The molecule has 1 aromatic heterocycles. The van der Waals surface area contributed by atoms with Crippen LogP contribution in [0, 0.1) is 0 Å². The van der Waals surface area contributed by atoms with E-state index in [-0.39, 0.29) is 5.12 Å². The third-order valence-electron chi connectivity index (χ3n) is 3.18. The molecule has 0 saturated heterocycles. The Balaban J connectivity index is 2.22. The van der Waals surface area contributed by atoms with Crippen molar-refractivity contribution < 1.29 is 4.79 Å². The summed E-state index contributed by atoms with van der Waals surface area (Å²) in [6.07, 6.45) is 3.06. The van der Waals surface area contributed by atoms with Crippen molar-refractivity contribution in [1.29, 1.82) is 0 Å². The van der Waals surface area contributed by atoms with Crippen molar-refractivity contribution in [3.63, 3.8) is 0 Å². The number of fused-ring (bicyclic) bond motifs is 1. The number of thioether (sulfide) groups is 1. The highest BCUT2D eigenvalue weighted by Crippen LogP contribution is 2.30. The largest absolute Gasteiger partial charge is 0.330 e. The third kappa shape index (κ3) is 3.36. The predicted octanol–water partition coefficient (Wildman–Crippen LogP) is 2.31. The third-order valence-corrected chi connectivity index (χ3v) is 4.41. The van der Waals surface area contributed by atoms with Gasteiger partial charge in [0.05, 0.1) is 11.1 Å². The van der Waals surface area contributed by atoms with Crippen molar-refractivity contribution in [2.45, 2.75) is 30.2 Å². The zero-order valence-electron chi connectivity index (χ0n) is 11.5. The molecule has 5 heteroatoms. The molecule has 0 aliphatic heterocycles. The normalized spacial score (nSPS) is 14.2. The van der Waals surface area contributed by atoms with Crippen molar-refractivity contribution in [1.82, 2.24) is 4.98 Å². The van der Waals surface area contributed by atoms with Gasteiger partial charge in [0.2, 0.25) is 5.12 Å². The van der Waals surface area contributed by atoms with Gasteiger partial charge in [-0.05, 0) is 50.2 Å². The fourth-order valence-electron chi connectivity index (χ4n) is 1.95. The van der Waals surface area contributed by atoms with Gasteiger partial charge < -0.3 is 11.5 Å². The van der Waals surface area contributed by atoms with E-state index < -0.39 is 5.54 Å². The Morgan fingerprint density at radius 2 is 2.10 bits per heavy atom. The number of hydrogen-bond donors (Lipinski definition) is 2. The Kier molecular flexibility index (Phi) is 4.75. The van der Waals surface area contributed by atoms with Crippen molar-refractivity contribution in [2.75, 3.05) is 6.54 Å². The fraction of sp³-hybridized carbons (Fsp3) is 0.333. The first-order valence-electron chi connectivity index (χ1n) is 6.59. The van der Waals surface area contributed by atoms with Gasteiger partial charge in [0.15, 0.2) is 0 Å². The zero-order chi connectivity index (χ0) is 14.6. The monoisotopic (exact) mass is 289 g/mol. The number of benzene rings is 1. The van der Waals surface area contributed by atoms with Crippen molar-refractivity contribution in [3.8, 4) is 0 Å². The van der Waals surface area contributed by atoms with Gasteiger partial charge in [0.1, 0.15) is 0 Å². The fourth-order valence-corrected chi connectivity index (χ4v) is 2.89. The van der Waals surface area contributed by atoms with Crippen LogP contribution in [0.2, 0.25) is 0 Å². The lowest BCUT2D eigenvalue weighted by Gasteiger charge is -2.22. The van der Waals surface area contributed by atoms with Gasteiger partial charge in [-0.1, -0.05) is 18.2 Å². The Morgan fingerprint density at radius 3 is 2.85 bits per heavy atom. The minimum absolute atomic E-state index is 0.0395. The number of pyridine rings is 1. The van der Waals surface area contributed by atoms with Crippen LogP contribution in [0.4, 0.5) is 0 Å². The quantitative estimate of drug-likeness (QED) is 0.825. The van der Waals surface area contributed by atoms with Crippen LogP contribution in [0.1, 0.15) is 19.8 Å². The minimum Gasteiger partial charge on any atom is -0.330 e. The summed E-state index contributed by atoms with van der Waals surface area (Å²) in [4.78, 5) is 17.5. The van der Waals surface area contributed by atoms with Gasteiger partial charge in [0.25, 0.3) is 0 Å². The molecule has 0 aliphatic rings. The zero-order valence-corrected chi connectivity index (χ0v) is 12.3. The number of hydrogen-bond acceptors (Lipinski definition) is 5. The van der Waals surface area contributed by atoms with Gasteiger partial charge in [-0.3, -0.25) is 9.78 Å². The second-order valence-electron chi connectivity index (χ2n) is 5.03. The van der Waals surface area contributed by atoms with E-state index in [0.717, 1.165) is 22.2 Å². The summed E-state index contributed by atoms with van der Waals surface area (Å²) >= 11 is 1.19. The summed E-state index contributed by atoms with van der Waals surface area (Å²) < 4.78 is 0. The molecule has 1 atom stereocenters. The maximum absolute atomic E-state index is 12.4. The van der Waals surface area contributed by atoms with E-state index in [2.05, 4.69) is 4.98 Å². The average molecular weight is 289 g/mol. The van der Waals surface area contributed by atoms with Gasteiger partial charge >= 0.3 is 0 Å². The molecule has 4 nitrogen and oxygen atoms in total. The Hall–Kier alpha value is -1.43. The minimum atomic E-state index is -0.853. The number of para-hydroxylation sites is 1. The number of carbonyl (C=O) groups excluding carboxylic acids is 1. The molecule has 0 saturated carbocycles. The highest BCUT2D eigenvalue weighted by molar-refractivity contribution is 8.14. The Morgan fingerprint density at radius 1 is 1.35 bits per heavy atom. The van der Waals surface area contributed by atoms with Crippen LogP contribution in [0.3, 0.4) is 0 Å². The highest BCUT2D eigenvalue weighted by Gasteiger charge is 2.28. The lowest BCUT2D eigenvalue weighted by Crippen LogP contribution is -2.43. The number of nitrogens with zero attached hydrogens (tertiary/aromatic N) is 1. The van der Waals surface area contributed by atoms with Gasteiger partial charge in [-0.15, -0.1) is 0 Å². The lowest BCUT2D eigenvalue weighted by molar-refractivity contribution is -0.115. The van der Waals surface area contributed by atoms with E-state index in [1.165, 1.54) is 11.8 Å². The molecule has 0 aliphatic carbocycles. The van der Waals surface area contributed by atoms with Crippen LogP contribution in [-0.2, 0) is 4.79 Å². The molecule has 0 spiro atoms. The number of carbonyl (C=O) groups is 1. The number of rotatable bonds is 5. The summed E-state index contributed by atoms with van der Waals surface area (Å²) in [5.41, 5.74) is 11.6. The van der Waals surface area contributed by atoms with E-state index >= 15 is 0 Å². The van der Waals surface area contributed by atoms with Crippen molar-refractivity contribution >= 4 is 27.8 Å². The molecule has 0 amide bonds. The van der Waals surface area contributed by atoms with E-state index in [9.17, 15) is 4.79 Å². The topological polar surface area (TPSA) is 82.0 Å². The lowest BCUT2D eigenvalue weighted by atomic mass is 9.99. The molecule has 1 aromatic carbocycles. The highest BCUT2D eigenvalue weighted by atomic mass is 32.2. The summed E-state index contributed by atoms with van der Waals surface area (Å²) in [6.45, 7) is 2.31. The molecule has 0 fully saturated rings. The summed E-state index contributed by atoms with van der Waals surface area (Å²) in [5, 5.41) is 0.935. The first kappa shape index (κ1) is 15.0. The summed E-state index contributed by atoms with van der Waals surface area (Å²) in [5.74, 6) is 0. The van der Waals surface area contributed by atoms with Crippen molar-refractivity contribution in [2.24, 2.45) is 11.5 Å². The van der Waals surface area contributed by atoms with Gasteiger partial charge in [-0.2, -0.15) is 0 Å². The van der Waals surface area contributed by atoms with Crippen LogP contribution in [0.25, 0.3) is 10.9 Å². The number of aromatic nitrogens is 1. The molecule has 0 bridgehead atoms. The molecule has 1 heterocycles. The Bertz CT molecular complexity index is 608.